The number of guanidine groups is 1. The number of rotatable bonds is 17. The van der Waals surface area contributed by atoms with E-state index < -0.39 is 102 Å². The van der Waals surface area contributed by atoms with Gasteiger partial charge in [0.15, 0.2) is 5.96 Å². The molecule has 0 radical (unpaired) electrons. The summed E-state index contributed by atoms with van der Waals surface area (Å²) in [5.41, 5.74) is 12.9. The molecule has 5 aromatic rings. The third-order valence-corrected chi connectivity index (χ3v) is 15.5. The first kappa shape index (κ1) is 61.0. The summed E-state index contributed by atoms with van der Waals surface area (Å²) in [6.45, 7) is 4.57. The van der Waals surface area contributed by atoms with Crippen LogP contribution in [0.5, 0.6) is 0 Å². The van der Waals surface area contributed by atoms with Crippen LogP contribution in [0.2, 0.25) is 0 Å². The molecule has 2 heterocycles. The summed E-state index contributed by atoms with van der Waals surface area (Å²) in [5.74, 6) is -8.23. The Bertz CT molecular complexity index is 3030. The van der Waals surface area contributed by atoms with Crippen LogP contribution in [-0.2, 0) is 62.4 Å². The molecule has 23 nitrogen and oxygen atoms in total. The maximum Gasteiger partial charge on any atom is 0.327 e. The van der Waals surface area contributed by atoms with Crippen LogP contribution in [-0.4, -0.2) is 141 Å². The molecule has 8 atom stereocenters. The maximum absolute atomic E-state index is 14.9. The Labute approximate surface area is 470 Å². The van der Waals surface area contributed by atoms with Gasteiger partial charge in [-0.3, -0.25) is 43.3 Å². The lowest BCUT2D eigenvalue weighted by Crippen LogP contribution is -2.60. The van der Waals surface area contributed by atoms with Gasteiger partial charge >= 0.3 is 5.97 Å². The van der Waals surface area contributed by atoms with Gasteiger partial charge in [-0.1, -0.05) is 126 Å². The van der Waals surface area contributed by atoms with Crippen LogP contribution >= 0.6 is 21.6 Å². The van der Waals surface area contributed by atoms with Crippen LogP contribution in [0.1, 0.15) is 69.7 Å². The van der Waals surface area contributed by atoms with E-state index in [1.807, 2.05) is 79.7 Å². The molecule has 25 heteroatoms. The van der Waals surface area contributed by atoms with Crippen molar-refractivity contribution < 1.29 is 48.3 Å². The number of unbranched alkanes of at least 4 members (excludes halogenated alkanes) is 1. The Morgan fingerprint density at radius 2 is 1.23 bits per heavy atom. The fourth-order valence-electron chi connectivity index (χ4n) is 8.77. The molecule has 0 spiro atoms. The Kier molecular flexibility index (Phi) is 23.1. The van der Waals surface area contributed by atoms with Crippen molar-refractivity contribution in [3.05, 3.63) is 114 Å². The molecule has 0 saturated carbocycles. The number of aromatic amines is 1. The number of imidazole rings is 1. The largest absolute Gasteiger partial charge is 0.480 e. The Hall–Kier alpha value is -8.19. The smallest absolute Gasteiger partial charge is 0.327 e. The molecule has 4 aromatic carbocycles. The van der Waals surface area contributed by atoms with E-state index in [1.165, 1.54) is 26.4 Å². The van der Waals surface area contributed by atoms with Gasteiger partial charge in [0.2, 0.25) is 47.3 Å². The molecule has 0 bridgehead atoms. The van der Waals surface area contributed by atoms with Gasteiger partial charge in [0.05, 0.1) is 6.33 Å². The van der Waals surface area contributed by atoms with Crippen LogP contribution in [0.3, 0.4) is 0 Å². The summed E-state index contributed by atoms with van der Waals surface area (Å²) in [7, 11) is 1.96. The van der Waals surface area contributed by atoms with Gasteiger partial charge in [0.1, 0.15) is 48.3 Å². The second kappa shape index (κ2) is 30.2. The fraction of sp³-hybridized carbons (Fsp3) is 0.400. The van der Waals surface area contributed by atoms with Gasteiger partial charge in [-0.15, -0.1) is 0 Å². The predicted octanol–water partition coefficient (Wildman–Crippen LogP) is 1.39. The lowest BCUT2D eigenvalue weighted by molar-refractivity contribution is -0.141. The molecule has 80 heavy (non-hydrogen) atoms. The van der Waals surface area contributed by atoms with E-state index in [4.69, 9.17) is 11.5 Å². The number of aliphatic imine (C=N–C) groups is 1. The fourth-order valence-corrected chi connectivity index (χ4v) is 11.1. The number of nitrogens with one attached hydrogen (secondary N) is 9. The third kappa shape index (κ3) is 18.7. The average Bonchev–Trinajstić information content (AvgIpc) is 3.95. The molecule has 1 fully saturated rings. The Balaban J connectivity index is 1.40. The SMILES string of the molecule is CCCC[C@H](NC(C)=O)C(=O)N[C@H]1CSSC[C@@H](C(=O)O)NC(=O)[C@H](Cc2ccc3ccccc3c2)NC(=O)[C@H](CCCN=C(N)N)NC(=O)[C@@H](Cc2ccc3ccccc3c2)NC(=O)[C@H](Cc2cnc[nH]2)NC(=O)[C@@H](C)NC1=O. The van der Waals surface area contributed by atoms with Gasteiger partial charge in [-0.25, -0.2) is 9.78 Å². The zero-order chi connectivity index (χ0) is 57.7. The van der Waals surface area contributed by atoms with Crippen molar-refractivity contribution in [3.63, 3.8) is 0 Å². The lowest BCUT2D eigenvalue weighted by Gasteiger charge is -2.27. The molecule has 8 amide bonds. The zero-order valence-corrected chi connectivity index (χ0v) is 46.3. The number of nitrogens with two attached hydrogens (primary N) is 2. The van der Waals surface area contributed by atoms with Crippen LogP contribution in [0, 0.1) is 0 Å². The number of carboxylic acids is 1. The van der Waals surface area contributed by atoms with E-state index in [0.29, 0.717) is 29.7 Å². The second-order valence-electron chi connectivity index (χ2n) is 19.4. The number of hydrogen-bond acceptors (Lipinski definition) is 13. The number of benzene rings is 4. The number of nitrogens with zero attached hydrogens (tertiary/aromatic N) is 2. The summed E-state index contributed by atoms with van der Waals surface area (Å²) in [6.07, 6.45) is 4.03. The molecular formula is C55H69N13O10S2. The molecule has 6 rings (SSSR count). The predicted molar refractivity (Wildman–Crippen MR) is 306 cm³/mol. The minimum Gasteiger partial charge on any atom is -0.480 e. The van der Waals surface area contributed by atoms with Crippen LogP contribution in [0.25, 0.3) is 21.5 Å². The lowest BCUT2D eigenvalue weighted by atomic mass is 9.99. The summed E-state index contributed by atoms with van der Waals surface area (Å²) >= 11 is 0. The van der Waals surface area contributed by atoms with E-state index in [-0.39, 0.29) is 62.5 Å². The first-order valence-corrected chi connectivity index (χ1v) is 28.7. The van der Waals surface area contributed by atoms with Crippen LogP contribution < -0.4 is 54.0 Å². The number of H-pyrrole nitrogens is 1. The maximum atomic E-state index is 14.9. The van der Waals surface area contributed by atoms with Crippen molar-refractivity contribution >= 4 is 102 Å². The molecule has 1 aliphatic heterocycles. The highest BCUT2D eigenvalue weighted by atomic mass is 33.1. The topological polar surface area (TPSA) is 363 Å². The third-order valence-electron chi connectivity index (χ3n) is 13.1. The Morgan fingerprint density at radius 3 is 1.77 bits per heavy atom. The minimum atomic E-state index is -1.55. The highest BCUT2D eigenvalue weighted by Gasteiger charge is 2.35. The van der Waals surface area contributed by atoms with E-state index in [9.17, 15) is 48.3 Å². The van der Waals surface area contributed by atoms with Crippen molar-refractivity contribution in [1.29, 1.82) is 0 Å². The molecule has 14 N–H and O–H groups in total. The summed E-state index contributed by atoms with van der Waals surface area (Å²) in [4.78, 5) is 137. The van der Waals surface area contributed by atoms with E-state index >= 15 is 0 Å². The summed E-state index contributed by atoms with van der Waals surface area (Å²) in [6, 6.07) is 15.1. The Morgan fingerprint density at radius 1 is 0.688 bits per heavy atom. The van der Waals surface area contributed by atoms with E-state index in [0.717, 1.165) is 43.1 Å². The van der Waals surface area contributed by atoms with Gasteiger partial charge in [-0.05, 0) is 58.9 Å². The van der Waals surface area contributed by atoms with Crippen molar-refractivity contribution in [1.82, 2.24) is 52.5 Å². The van der Waals surface area contributed by atoms with Crippen molar-refractivity contribution in [3.8, 4) is 0 Å². The monoisotopic (exact) mass is 1140 g/mol. The average molecular weight is 1140 g/mol. The number of aromatic nitrogens is 2. The highest BCUT2D eigenvalue weighted by Crippen LogP contribution is 2.24. The molecule has 0 aliphatic carbocycles. The first-order chi connectivity index (χ1) is 38.4. The van der Waals surface area contributed by atoms with E-state index in [1.54, 1.807) is 12.1 Å². The molecular weight excluding hydrogens is 1070 g/mol. The first-order valence-electron chi connectivity index (χ1n) is 26.2. The number of fused-ring (bicyclic) bond motifs is 2. The molecule has 1 aromatic heterocycles. The van der Waals surface area contributed by atoms with Crippen LogP contribution in [0.15, 0.2) is 102 Å². The van der Waals surface area contributed by atoms with Gasteiger partial charge in [0, 0.05) is 56.1 Å². The van der Waals surface area contributed by atoms with Gasteiger partial charge in [0.25, 0.3) is 0 Å². The number of hydrogen-bond donors (Lipinski definition) is 12. The molecule has 1 aliphatic rings. The number of carbonyl (C=O) groups is 9. The standard InChI is InChI=1S/C55H69N13O10S2/c1-4-5-15-40(62-32(3)69)48(71)67-45-28-79-80-29-46(54(77)78)68-51(74)43(25-34-18-20-36-12-7-9-14-38(36)23-34)65-49(72)41(16-10-21-59-55(56)57)63-50(73)42(24-33-17-19-35-11-6-8-13-37(35)22-33)66-52(75)44(26-39-27-58-30-60-39)64-47(70)31(2)61-53(45)76/h6-9,11-14,17-20,22-23,27,30-31,40-46H,4-5,10,15-16,21,24-26,28-29H2,1-3H3,(H,58,60)(H,61,76)(H,62,69)(H,63,73)(H,64,70)(H,65,72)(H,66,75)(H,67,71)(H,68,74)(H,77,78)(H4,56,57,59)/t31-,40+,41+,42-,43+,44+,45+,46+/m1/s1. The van der Waals surface area contributed by atoms with Gasteiger partial charge < -0.3 is 64.1 Å². The number of aliphatic carboxylic acids is 1. The van der Waals surface area contributed by atoms with E-state index in [2.05, 4.69) is 57.5 Å². The minimum absolute atomic E-state index is 0.0493. The van der Waals surface area contributed by atoms with Crippen molar-refractivity contribution in [2.24, 2.45) is 16.5 Å². The molecule has 0 unspecified atom stereocenters. The zero-order valence-electron chi connectivity index (χ0n) is 44.6. The molecule has 1 saturated heterocycles. The number of amides is 8. The number of carbonyl (C=O) groups excluding carboxylic acids is 8. The molecule has 426 valence electrons. The summed E-state index contributed by atoms with van der Waals surface area (Å²) < 4.78 is 0. The normalized spacial score (nSPS) is 21.6. The van der Waals surface area contributed by atoms with Crippen molar-refractivity contribution in [2.75, 3.05) is 18.1 Å². The second-order valence-corrected chi connectivity index (χ2v) is 22.0. The number of carboxylic acid groups (broad SMARTS) is 1. The summed E-state index contributed by atoms with van der Waals surface area (Å²) in [5, 5.41) is 35.5. The van der Waals surface area contributed by atoms with Gasteiger partial charge in [-0.2, -0.15) is 0 Å². The van der Waals surface area contributed by atoms with Crippen molar-refractivity contribution in [2.45, 2.75) is 120 Å². The highest BCUT2D eigenvalue weighted by molar-refractivity contribution is 8.76. The van der Waals surface area contributed by atoms with Crippen LogP contribution in [0.4, 0.5) is 0 Å². The quantitative estimate of drug-likeness (QED) is 0.0271.